The summed E-state index contributed by atoms with van der Waals surface area (Å²) in [4.78, 5) is 11.6. The summed E-state index contributed by atoms with van der Waals surface area (Å²) in [5.74, 6) is 0.493. The van der Waals surface area contributed by atoms with Crippen molar-refractivity contribution < 1.29 is 4.79 Å². The number of amides is 1. The molecule has 4 heteroatoms. The maximum absolute atomic E-state index is 11.6. The topological polar surface area (TPSA) is 46.9 Å². The van der Waals surface area contributed by atoms with Gasteiger partial charge in [-0.25, -0.2) is 0 Å². The number of aryl methyl sites for hydroxylation is 1. The smallest absolute Gasteiger partial charge is 0.220 e. The van der Waals surface area contributed by atoms with Crippen LogP contribution in [0.15, 0.2) is 6.20 Å². The van der Waals surface area contributed by atoms with Crippen molar-refractivity contribution in [3.63, 3.8) is 0 Å². The fraction of sp³-hybridized carbons (Fsp3) is 0.667. The van der Waals surface area contributed by atoms with Gasteiger partial charge >= 0.3 is 0 Å². The van der Waals surface area contributed by atoms with Gasteiger partial charge in [0.05, 0.1) is 12.2 Å². The number of nitrogens with zero attached hydrogens (tertiary/aromatic N) is 2. The number of carbonyl (C=O) groups is 1. The van der Waals surface area contributed by atoms with Crippen LogP contribution in [0.4, 0.5) is 0 Å². The summed E-state index contributed by atoms with van der Waals surface area (Å²) >= 11 is 0. The fourth-order valence-corrected chi connectivity index (χ4v) is 1.69. The maximum Gasteiger partial charge on any atom is 0.220 e. The Balaban J connectivity index is 2.62. The van der Waals surface area contributed by atoms with Crippen LogP contribution in [0.25, 0.3) is 0 Å². The Bertz CT molecular complexity index is 368. The molecule has 0 bridgehead atoms. The van der Waals surface area contributed by atoms with E-state index in [-0.39, 0.29) is 11.9 Å². The van der Waals surface area contributed by atoms with Gasteiger partial charge in [0.1, 0.15) is 0 Å². The van der Waals surface area contributed by atoms with Crippen LogP contribution in [0.1, 0.15) is 44.5 Å². The highest BCUT2D eigenvalue weighted by Gasteiger charge is 2.14. The van der Waals surface area contributed by atoms with Gasteiger partial charge in [0.15, 0.2) is 0 Å². The zero-order chi connectivity index (χ0) is 12.3. The molecule has 1 rings (SSSR count). The monoisotopic (exact) mass is 223 g/mol. The second kappa shape index (κ2) is 5.14. The number of carbonyl (C=O) groups excluding carboxylic acids is 1. The van der Waals surface area contributed by atoms with Gasteiger partial charge in [-0.3, -0.25) is 9.48 Å². The molecule has 4 nitrogen and oxygen atoms in total. The molecular weight excluding hydrogens is 202 g/mol. The molecule has 0 spiro atoms. The first kappa shape index (κ1) is 12.7. The zero-order valence-electron chi connectivity index (χ0n) is 10.7. The van der Waals surface area contributed by atoms with Crippen LogP contribution in [0, 0.1) is 12.8 Å². The lowest BCUT2D eigenvalue weighted by atomic mass is 10.1. The molecule has 1 aromatic heterocycles. The Morgan fingerprint density at radius 3 is 2.56 bits per heavy atom. The average Bonchev–Trinajstić information content (AvgIpc) is 2.45. The standard InChI is InChI=1S/C12H21N3O/c1-8(2)6-12(16)14-9(3)11-7-13-15(5)10(11)4/h7-9H,6H2,1-5H3,(H,14,16)/t9-/m1/s1. The van der Waals surface area contributed by atoms with Gasteiger partial charge in [-0.15, -0.1) is 0 Å². The molecule has 0 aromatic carbocycles. The SMILES string of the molecule is Cc1c([C@@H](C)NC(=O)CC(C)C)cnn1C. The van der Waals surface area contributed by atoms with Crippen molar-refractivity contribution in [1.82, 2.24) is 15.1 Å². The van der Waals surface area contributed by atoms with Crippen molar-refractivity contribution in [3.05, 3.63) is 17.5 Å². The predicted molar refractivity (Wildman–Crippen MR) is 64.0 cm³/mol. The summed E-state index contributed by atoms with van der Waals surface area (Å²) in [6.45, 7) is 8.08. The minimum atomic E-state index is 0.0277. The lowest BCUT2D eigenvalue weighted by molar-refractivity contribution is -0.122. The molecule has 0 aliphatic rings. The normalized spacial score (nSPS) is 12.9. The minimum Gasteiger partial charge on any atom is -0.349 e. The molecule has 0 aliphatic heterocycles. The van der Waals surface area contributed by atoms with Crippen molar-refractivity contribution in [3.8, 4) is 0 Å². The van der Waals surface area contributed by atoms with E-state index in [0.29, 0.717) is 12.3 Å². The van der Waals surface area contributed by atoms with E-state index in [1.54, 1.807) is 0 Å². The molecule has 1 amide bonds. The third-order valence-electron chi connectivity index (χ3n) is 2.71. The Morgan fingerprint density at radius 2 is 2.12 bits per heavy atom. The second-order valence-corrected chi connectivity index (χ2v) is 4.70. The van der Waals surface area contributed by atoms with Gasteiger partial charge in [-0.05, 0) is 19.8 Å². The lowest BCUT2D eigenvalue weighted by Gasteiger charge is -2.14. The van der Waals surface area contributed by atoms with E-state index in [1.165, 1.54) is 0 Å². The van der Waals surface area contributed by atoms with Gasteiger partial charge in [0, 0.05) is 24.7 Å². The van der Waals surface area contributed by atoms with E-state index in [4.69, 9.17) is 0 Å². The van der Waals surface area contributed by atoms with E-state index >= 15 is 0 Å². The van der Waals surface area contributed by atoms with Gasteiger partial charge < -0.3 is 5.32 Å². The minimum absolute atomic E-state index is 0.0277. The number of rotatable bonds is 4. The van der Waals surface area contributed by atoms with Crippen molar-refractivity contribution in [2.24, 2.45) is 13.0 Å². The first-order chi connectivity index (χ1) is 7.41. The fourth-order valence-electron chi connectivity index (χ4n) is 1.69. The summed E-state index contributed by atoms with van der Waals surface area (Å²) in [5, 5.41) is 7.16. The predicted octanol–water partition coefficient (Wildman–Crippen LogP) is 1.95. The first-order valence-corrected chi connectivity index (χ1v) is 5.69. The number of aromatic nitrogens is 2. The van der Waals surface area contributed by atoms with E-state index in [9.17, 15) is 4.79 Å². The third kappa shape index (κ3) is 3.08. The third-order valence-corrected chi connectivity index (χ3v) is 2.71. The molecular formula is C12H21N3O. The molecule has 0 saturated carbocycles. The van der Waals surface area contributed by atoms with Crippen LogP contribution in [0.2, 0.25) is 0 Å². The number of hydrogen-bond donors (Lipinski definition) is 1. The molecule has 0 saturated heterocycles. The van der Waals surface area contributed by atoms with Crippen LogP contribution in [0.5, 0.6) is 0 Å². The average molecular weight is 223 g/mol. The molecule has 1 N–H and O–H groups in total. The summed E-state index contributed by atoms with van der Waals surface area (Å²) in [6, 6.07) is 0.0277. The van der Waals surface area contributed by atoms with E-state index < -0.39 is 0 Å². The molecule has 1 atom stereocenters. The van der Waals surface area contributed by atoms with E-state index in [1.807, 2.05) is 45.6 Å². The summed E-state index contributed by atoms with van der Waals surface area (Å²) in [7, 11) is 1.90. The first-order valence-electron chi connectivity index (χ1n) is 5.69. The van der Waals surface area contributed by atoms with Crippen LogP contribution < -0.4 is 5.32 Å². The molecule has 0 fully saturated rings. The molecule has 0 radical (unpaired) electrons. The summed E-state index contributed by atoms with van der Waals surface area (Å²) < 4.78 is 1.82. The Morgan fingerprint density at radius 1 is 1.50 bits per heavy atom. The van der Waals surface area contributed by atoms with E-state index in [2.05, 4.69) is 10.4 Å². The van der Waals surface area contributed by atoms with Gasteiger partial charge in [0.25, 0.3) is 0 Å². The van der Waals surface area contributed by atoms with Gasteiger partial charge in [-0.2, -0.15) is 5.10 Å². The van der Waals surface area contributed by atoms with Crippen molar-refractivity contribution in [1.29, 1.82) is 0 Å². The largest absolute Gasteiger partial charge is 0.349 e. The van der Waals surface area contributed by atoms with Crippen LogP contribution in [-0.4, -0.2) is 15.7 Å². The highest BCUT2D eigenvalue weighted by Crippen LogP contribution is 2.16. The number of hydrogen-bond acceptors (Lipinski definition) is 2. The summed E-state index contributed by atoms with van der Waals surface area (Å²) in [5.41, 5.74) is 2.18. The van der Waals surface area contributed by atoms with Crippen LogP contribution in [-0.2, 0) is 11.8 Å². The lowest BCUT2D eigenvalue weighted by Crippen LogP contribution is -2.27. The Kier molecular flexibility index (Phi) is 4.10. The van der Waals surface area contributed by atoms with Crippen molar-refractivity contribution in [2.75, 3.05) is 0 Å². The molecule has 90 valence electrons. The second-order valence-electron chi connectivity index (χ2n) is 4.70. The number of nitrogens with one attached hydrogen (secondary N) is 1. The van der Waals surface area contributed by atoms with Crippen LogP contribution in [0.3, 0.4) is 0 Å². The maximum atomic E-state index is 11.6. The van der Waals surface area contributed by atoms with Crippen LogP contribution >= 0.6 is 0 Å². The molecule has 1 heterocycles. The molecule has 0 aliphatic carbocycles. The molecule has 0 unspecified atom stereocenters. The van der Waals surface area contributed by atoms with Gasteiger partial charge in [-0.1, -0.05) is 13.8 Å². The van der Waals surface area contributed by atoms with Gasteiger partial charge in [0.2, 0.25) is 5.91 Å². The quantitative estimate of drug-likeness (QED) is 0.848. The van der Waals surface area contributed by atoms with Crippen molar-refractivity contribution >= 4 is 5.91 Å². The molecule has 1 aromatic rings. The highest BCUT2D eigenvalue weighted by atomic mass is 16.1. The summed E-state index contributed by atoms with van der Waals surface area (Å²) in [6.07, 6.45) is 2.39. The van der Waals surface area contributed by atoms with E-state index in [0.717, 1.165) is 11.3 Å². The highest BCUT2D eigenvalue weighted by molar-refractivity contribution is 5.76. The Labute approximate surface area is 97.0 Å². The van der Waals surface area contributed by atoms with Crippen molar-refractivity contribution in [2.45, 2.75) is 40.2 Å². The molecule has 16 heavy (non-hydrogen) atoms. The zero-order valence-corrected chi connectivity index (χ0v) is 10.7. The Hall–Kier alpha value is -1.32.